The Morgan fingerprint density at radius 2 is 2.18 bits per heavy atom. The van der Waals surface area contributed by atoms with E-state index < -0.39 is 0 Å². The van der Waals surface area contributed by atoms with Crippen LogP contribution in [0.3, 0.4) is 0 Å². The first-order valence-electron chi connectivity index (χ1n) is 5.55. The van der Waals surface area contributed by atoms with Crippen LogP contribution in [0.1, 0.15) is 23.7 Å². The zero-order valence-electron chi connectivity index (χ0n) is 9.94. The van der Waals surface area contributed by atoms with Crippen molar-refractivity contribution in [2.75, 3.05) is 29.6 Å². The minimum Gasteiger partial charge on any atom is -0.462 e. The predicted octanol–water partition coefficient (Wildman–Crippen LogP) is 2.15. The van der Waals surface area contributed by atoms with E-state index in [-0.39, 0.29) is 5.97 Å². The number of nitrogen functional groups attached to an aromatic ring is 2. The summed E-state index contributed by atoms with van der Waals surface area (Å²) < 4.78 is 5.12. The van der Waals surface area contributed by atoms with Crippen LogP contribution < -0.4 is 11.5 Å². The normalized spacial score (nSPS) is 10.2. The van der Waals surface area contributed by atoms with E-state index >= 15 is 0 Å². The maximum atomic E-state index is 11.7. The van der Waals surface area contributed by atoms with E-state index in [1.807, 2.05) is 11.8 Å². The average Bonchev–Trinajstić information content (AvgIpc) is 2.28. The van der Waals surface area contributed by atoms with Gasteiger partial charge in [-0.25, -0.2) is 4.79 Å². The number of hydrogen-bond donors (Lipinski definition) is 2. The van der Waals surface area contributed by atoms with Gasteiger partial charge in [-0.3, -0.25) is 0 Å². The summed E-state index contributed by atoms with van der Waals surface area (Å²) in [7, 11) is 0. The van der Waals surface area contributed by atoms with Gasteiger partial charge < -0.3 is 16.2 Å². The monoisotopic (exact) mass is 254 g/mol. The van der Waals surface area contributed by atoms with Gasteiger partial charge in [0.05, 0.1) is 12.2 Å². The van der Waals surface area contributed by atoms with Crippen LogP contribution in [0, 0.1) is 0 Å². The van der Waals surface area contributed by atoms with Gasteiger partial charge in [-0.2, -0.15) is 11.8 Å². The van der Waals surface area contributed by atoms with Crippen molar-refractivity contribution in [1.82, 2.24) is 0 Å². The lowest BCUT2D eigenvalue weighted by molar-refractivity contribution is 0.0507. The van der Waals surface area contributed by atoms with Crippen LogP contribution in [-0.2, 0) is 4.74 Å². The van der Waals surface area contributed by atoms with Crippen molar-refractivity contribution in [3.8, 4) is 0 Å². The van der Waals surface area contributed by atoms with Gasteiger partial charge in [-0.1, -0.05) is 6.92 Å². The SMILES string of the molecule is CCSCCCOC(=O)c1ccc(N)cc1N. The third-order valence-corrected chi connectivity index (χ3v) is 3.15. The summed E-state index contributed by atoms with van der Waals surface area (Å²) in [6.07, 6.45) is 0.860. The molecule has 0 fully saturated rings. The lowest BCUT2D eigenvalue weighted by Crippen LogP contribution is -2.10. The molecule has 1 aromatic rings. The van der Waals surface area contributed by atoms with Crippen LogP contribution in [0.2, 0.25) is 0 Å². The molecule has 0 radical (unpaired) electrons. The molecule has 1 aromatic carbocycles. The van der Waals surface area contributed by atoms with Gasteiger partial charge in [0, 0.05) is 11.4 Å². The Hall–Kier alpha value is -1.36. The van der Waals surface area contributed by atoms with E-state index in [0.717, 1.165) is 17.9 Å². The van der Waals surface area contributed by atoms with Crippen LogP contribution in [0.15, 0.2) is 18.2 Å². The molecule has 0 aliphatic carbocycles. The molecule has 0 atom stereocenters. The molecule has 0 spiro atoms. The number of rotatable bonds is 6. The van der Waals surface area contributed by atoms with Gasteiger partial charge in [-0.05, 0) is 36.1 Å². The first-order chi connectivity index (χ1) is 8.15. The van der Waals surface area contributed by atoms with Crippen molar-refractivity contribution in [2.24, 2.45) is 0 Å². The summed E-state index contributed by atoms with van der Waals surface area (Å²) in [6.45, 7) is 2.53. The van der Waals surface area contributed by atoms with Crippen LogP contribution in [0.25, 0.3) is 0 Å². The average molecular weight is 254 g/mol. The molecule has 0 saturated heterocycles. The lowest BCUT2D eigenvalue weighted by atomic mass is 10.1. The van der Waals surface area contributed by atoms with E-state index in [2.05, 4.69) is 6.92 Å². The molecule has 0 aromatic heterocycles. The fourth-order valence-electron chi connectivity index (χ4n) is 1.32. The minimum atomic E-state index is -0.385. The standard InChI is InChI=1S/C12H18N2O2S/c1-2-17-7-3-6-16-12(15)10-5-4-9(13)8-11(10)14/h4-5,8H,2-3,6-7,13-14H2,1H3. The summed E-state index contributed by atoms with van der Waals surface area (Å²) in [4.78, 5) is 11.7. The van der Waals surface area contributed by atoms with Gasteiger partial charge >= 0.3 is 5.97 Å². The summed E-state index contributed by atoms with van der Waals surface area (Å²) in [5.41, 5.74) is 12.5. The molecule has 1 rings (SSSR count). The van der Waals surface area contributed by atoms with Crippen molar-refractivity contribution >= 4 is 29.1 Å². The summed E-state index contributed by atoms with van der Waals surface area (Å²) in [6, 6.07) is 4.79. The van der Waals surface area contributed by atoms with Crippen molar-refractivity contribution in [2.45, 2.75) is 13.3 Å². The number of thioether (sulfide) groups is 1. The number of anilines is 2. The predicted molar refractivity (Wildman–Crippen MR) is 73.2 cm³/mol. The van der Waals surface area contributed by atoms with E-state index in [0.29, 0.717) is 23.5 Å². The highest BCUT2D eigenvalue weighted by Gasteiger charge is 2.10. The quantitative estimate of drug-likeness (QED) is 0.462. The van der Waals surface area contributed by atoms with Crippen LogP contribution in [0.5, 0.6) is 0 Å². The Morgan fingerprint density at radius 3 is 2.82 bits per heavy atom. The number of ether oxygens (including phenoxy) is 1. The Bertz CT molecular complexity index is 383. The Balaban J connectivity index is 2.42. The van der Waals surface area contributed by atoms with Gasteiger partial charge in [0.2, 0.25) is 0 Å². The maximum absolute atomic E-state index is 11.7. The molecule has 0 bridgehead atoms. The summed E-state index contributed by atoms with van der Waals surface area (Å²) in [5.74, 6) is 1.70. The first kappa shape index (κ1) is 13.7. The van der Waals surface area contributed by atoms with Crippen LogP contribution >= 0.6 is 11.8 Å². The third-order valence-electron chi connectivity index (χ3n) is 2.17. The van der Waals surface area contributed by atoms with E-state index in [4.69, 9.17) is 16.2 Å². The zero-order valence-corrected chi connectivity index (χ0v) is 10.8. The molecular weight excluding hydrogens is 236 g/mol. The minimum absolute atomic E-state index is 0.359. The fourth-order valence-corrected chi connectivity index (χ4v) is 1.93. The number of benzene rings is 1. The molecule has 0 aliphatic heterocycles. The van der Waals surface area contributed by atoms with Crippen LogP contribution in [-0.4, -0.2) is 24.1 Å². The molecule has 0 amide bonds. The highest BCUT2D eigenvalue weighted by Crippen LogP contribution is 2.16. The largest absolute Gasteiger partial charge is 0.462 e. The van der Waals surface area contributed by atoms with E-state index in [9.17, 15) is 4.79 Å². The molecule has 0 aliphatic rings. The van der Waals surface area contributed by atoms with E-state index in [1.54, 1.807) is 18.2 Å². The topological polar surface area (TPSA) is 78.3 Å². The molecule has 0 heterocycles. The highest BCUT2D eigenvalue weighted by molar-refractivity contribution is 7.99. The molecule has 4 nitrogen and oxygen atoms in total. The zero-order chi connectivity index (χ0) is 12.7. The first-order valence-corrected chi connectivity index (χ1v) is 6.70. The second-order valence-electron chi connectivity index (χ2n) is 3.53. The highest BCUT2D eigenvalue weighted by atomic mass is 32.2. The van der Waals surface area contributed by atoms with Crippen molar-refractivity contribution < 1.29 is 9.53 Å². The van der Waals surface area contributed by atoms with E-state index in [1.165, 1.54) is 0 Å². The molecular formula is C12H18N2O2S. The smallest absolute Gasteiger partial charge is 0.340 e. The van der Waals surface area contributed by atoms with Gasteiger partial charge in [0.15, 0.2) is 0 Å². The summed E-state index contributed by atoms with van der Waals surface area (Å²) >= 11 is 1.83. The Labute approximate surface area is 106 Å². The number of esters is 1. The molecule has 5 heteroatoms. The fraction of sp³-hybridized carbons (Fsp3) is 0.417. The van der Waals surface area contributed by atoms with Gasteiger partial charge in [-0.15, -0.1) is 0 Å². The molecule has 0 unspecified atom stereocenters. The van der Waals surface area contributed by atoms with Crippen molar-refractivity contribution in [3.05, 3.63) is 23.8 Å². The Kier molecular flexibility index (Phi) is 5.69. The second kappa shape index (κ2) is 7.06. The molecule has 0 saturated carbocycles. The second-order valence-corrected chi connectivity index (χ2v) is 4.93. The number of carbonyl (C=O) groups excluding carboxylic acids is 1. The van der Waals surface area contributed by atoms with Gasteiger partial charge in [0.25, 0.3) is 0 Å². The number of hydrogen-bond acceptors (Lipinski definition) is 5. The Morgan fingerprint density at radius 1 is 1.41 bits per heavy atom. The molecule has 4 N–H and O–H groups in total. The lowest BCUT2D eigenvalue weighted by Gasteiger charge is -2.07. The summed E-state index contributed by atoms with van der Waals surface area (Å²) in [5, 5.41) is 0. The number of carbonyl (C=O) groups is 1. The molecule has 17 heavy (non-hydrogen) atoms. The van der Waals surface area contributed by atoms with Crippen LogP contribution in [0.4, 0.5) is 11.4 Å². The molecule has 94 valence electrons. The number of nitrogens with two attached hydrogens (primary N) is 2. The third kappa shape index (κ3) is 4.56. The van der Waals surface area contributed by atoms with Gasteiger partial charge in [0.1, 0.15) is 0 Å². The van der Waals surface area contributed by atoms with Crippen molar-refractivity contribution in [1.29, 1.82) is 0 Å². The van der Waals surface area contributed by atoms with Crippen molar-refractivity contribution in [3.63, 3.8) is 0 Å². The maximum Gasteiger partial charge on any atom is 0.340 e.